The summed E-state index contributed by atoms with van der Waals surface area (Å²) in [6.45, 7) is 14.4. The standard InChI is InChI=1S/C28H46O7/c1-24(2,18-9-11-27(6)20(13-18)32-27)34-22(29)15-26(5,17-31-8)16-23(30)35-25(3,4)19-10-12-28(7)21(14-19)33-28/h18-21H,9-17H2,1-8H3. The van der Waals surface area contributed by atoms with E-state index in [0.29, 0.717) is 0 Å². The van der Waals surface area contributed by atoms with E-state index in [1.807, 2.05) is 34.6 Å². The van der Waals surface area contributed by atoms with E-state index in [9.17, 15) is 9.59 Å². The SMILES string of the molecule is COCC(C)(CC(=O)OC(C)(C)C1CCC2(C)OC2C1)CC(=O)OC(C)(C)C1CCC2(C)OC2C1. The lowest BCUT2D eigenvalue weighted by Crippen LogP contribution is -2.43. The van der Waals surface area contributed by atoms with Gasteiger partial charge in [0.2, 0.25) is 0 Å². The first-order valence-electron chi connectivity index (χ1n) is 13.4. The maximum Gasteiger partial charge on any atom is 0.306 e. The lowest BCUT2D eigenvalue weighted by molar-refractivity contribution is -0.171. The fraction of sp³-hybridized carbons (Fsp3) is 0.929. The maximum absolute atomic E-state index is 13.1. The fourth-order valence-corrected chi connectivity index (χ4v) is 6.59. The van der Waals surface area contributed by atoms with E-state index < -0.39 is 16.6 Å². The molecule has 0 spiro atoms. The van der Waals surface area contributed by atoms with Gasteiger partial charge in [-0.2, -0.15) is 0 Å². The number of carbonyl (C=O) groups is 2. The summed E-state index contributed by atoms with van der Waals surface area (Å²) in [7, 11) is 1.59. The third-order valence-corrected chi connectivity index (χ3v) is 9.40. The van der Waals surface area contributed by atoms with Crippen molar-refractivity contribution in [2.45, 2.75) is 134 Å². The number of carbonyl (C=O) groups excluding carboxylic acids is 2. The molecule has 7 heteroatoms. The van der Waals surface area contributed by atoms with E-state index in [4.69, 9.17) is 23.7 Å². The first kappa shape index (κ1) is 26.9. The monoisotopic (exact) mass is 494 g/mol. The molecule has 4 aliphatic rings. The van der Waals surface area contributed by atoms with Crippen LogP contribution in [0.2, 0.25) is 0 Å². The Morgan fingerprint density at radius 1 is 0.800 bits per heavy atom. The minimum atomic E-state index is -0.704. The molecule has 2 heterocycles. The van der Waals surface area contributed by atoms with Crippen molar-refractivity contribution in [3.8, 4) is 0 Å². The van der Waals surface area contributed by atoms with Crippen molar-refractivity contribution in [1.82, 2.24) is 0 Å². The van der Waals surface area contributed by atoms with Crippen LogP contribution in [0.3, 0.4) is 0 Å². The van der Waals surface area contributed by atoms with E-state index in [-0.39, 0.29) is 66.6 Å². The quantitative estimate of drug-likeness (QED) is 0.313. The van der Waals surface area contributed by atoms with Crippen LogP contribution in [0.25, 0.3) is 0 Å². The summed E-state index contributed by atoms with van der Waals surface area (Å²) in [5.41, 5.74) is -1.80. The molecule has 35 heavy (non-hydrogen) atoms. The van der Waals surface area contributed by atoms with E-state index in [0.717, 1.165) is 38.5 Å². The van der Waals surface area contributed by atoms with Gasteiger partial charge in [0, 0.05) is 24.4 Å². The molecular weight excluding hydrogens is 448 g/mol. The van der Waals surface area contributed by atoms with Gasteiger partial charge in [0.15, 0.2) is 0 Å². The number of rotatable bonds is 10. The van der Waals surface area contributed by atoms with Crippen molar-refractivity contribution < 1.29 is 33.3 Å². The first-order chi connectivity index (χ1) is 16.1. The molecule has 2 saturated heterocycles. The van der Waals surface area contributed by atoms with Gasteiger partial charge in [0.05, 0.1) is 42.9 Å². The van der Waals surface area contributed by atoms with E-state index in [1.54, 1.807) is 7.11 Å². The minimum Gasteiger partial charge on any atom is -0.459 e. The van der Waals surface area contributed by atoms with Crippen LogP contribution in [0.4, 0.5) is 0 Å². The molecule has 0 radical (unpaired) electrons. The van der Waals surface area contributed by atoms with Crippen molar-refractivity contribution >= 4 is 11.9 Å². The van der Waals surface area contributed by atoms with Crippen LogP contribution in [0.15, 0.2) is 0 Å². The molecule has 7 nitrogen and oxygen atoms in total. The van der Waals surface area contributed by atoms with Crippen LogP contribution < -0.4 is 0 Å². The second-order valence-corrected chi connectivity index (χ2v) is 13.5. The lowest BCUT2D eigenvalue weighted by atomic mass is 9.75. The van der Waals surface area contributed by atoms with Crippen LogP contribution in [-0.2, 0) is 33.3 Å². The normalized spacial score (nSPS) is 37.9. The molecule has 200 valence electrons. The highest BCUT2D eigenvalue weighted by molar-refractivity contribution is 5.74. The van der Waals surface area contributed by atoms with Gasteiger partial charge in [-0.15, -0.1) is 0 Å². The molecule has 6 atom stereocenters. The first-order valence-corrected chi connectivity index (χ1v) is 13.4. The summed E-state index contributed by atoms with van der Waals surface area (Å²) >= 11 is 0. The lowest BCUT2D eigenvalue weighted by Gasteiger charge is -2.38. The van der Waals surface area contributed by atoms with E-state index in [1.165, 1.54) is 0 Å². The fourth-order valence-electron chi connectivity index (χ4n) is 6.59. The Kier molecular flexibility index (Phi) is 6.90. The number of hydrogen-bond donors (Lipinski definition) is 0. The Labute approximate surface area is 210 Å². The Morgan fingerprint density at radius 2 is 1.20 bits per heavy atom. The van der Waals surface area contributed by atoms with Crippen LogP contribution in [-0.4, -0.2) is 60.3 Å². The third kappa shape index (κ3) is 5.88. The Balaban J connectivity index is 1.30. The molecule has 4 fully saturated rings. The highest BCUT2D eigenvalue weighted by Gasteiger charge is 2.58. The Morgan fingerprint density at radius 3 is 1.54 bits per heavy atom. The number of esters is 2. The average Bonchev–Trinajstić information content (AvgIpc) is 3.57. The number of hydrogen-bond acceptors (Lipinski definition) is 7. The smallest absolute Gasteiger partial charge is 0.306 e. The van der Waals surface area contributed by atoms with Gasteiger partial charge in [-0.25, -0.2) is 0 Å². The van der Waals surface area contributed by atoms with Gasteiger partial charge < -0.3 is 23.7 Å². The maximum atomic E-state index is 13.1. The average molecular weight is 495 g/mol. The molecule has 6 unspecified atom stereocenters. The molecule has 2 saturated carbocycles. The van der Waals surface area contributed by atoms with Gasteiger partial charge in [-0.1, -0.05) is 6.92 Å². The summed E-state index contributed by atoms with van der Waals surface area (Å²) in [5.74, 6) is -0.0771. The van der Waals surface area contributed by atoms with E-state index in [2.05, 4.69) is 13.8 Å². The third-order valence-electron chi connectivity index (χ3n) is 9.40. The molecule has 2 aliphatic heterocycles. The van der Waals surface area contributed by atoms with E-state index >= 15 is 0 Å². The van der Waals surface area contributed by atoms with Crippen LogP contribution in [0, 0.1) is 17.3 Å². The van der Waals surface area contributed by atoms with Crippen LogP contribution >= 0.6 is 0 Å². The summed E-state index contributed by atoms with van der Waals surface area (Å²) in [4.78, 5) is 26.1. The predicted octanol–water partition coefficient (Wildman–Crippen LogP) is 4.98. The van der Waals surface area contributed by atoms with Gasteiger partial charge in [0.1, 0.15) is 11.2 Å². The second-order valence-electron chi connectivity index (χ2n) is 13.5. The Hall–Kier alpha value is -1.18. The molecule has 0 bridgehead atoms. The molecule has 0 aromatic carbocycles. The predicted molar refractivity (Wildman–Crippen MR) is 131 cm³/mol. The van der Waals surface area contributed by atoms with Gasteiger partial charge in [0.25, 0.3) is 0 Å². The molecule has 2 aliphatic carbocycles. The Bertz CT molecular complexity index is 773. The van der Waals surface area contributed by atoms with Crippen molar-refractivity contribution in [2.75, 3.05) is 13.7 Å². The van der Waals surface area contributed by atoms with Gasteiger partial charge in [-0.05, 0) is 80.1 Å². The molecule has 0 amide bonds. The van der Waals surface area contributed by atoms with Crippen LogP contribution in [0.1, 0.15) is 99.8 Å². The van der Waals surface area contributed by atoms with Gasteiger partial charge in [-0.3, -0.25) is 9.59 Å². The largest absolute Gasteiger partial charge is 0.459 e. The zero-order valence-electron chi connectivity index (χ0n) is 23.0. The highest BCUT2D eigenvalue weighted by Crippen LogP contribution is 2.53. The van der Waals surface area contributed by atoms with Crippen molar-refractivity contribution in [2.24, 2.45) is 17.3 Å². The number of methoxy groups -OCH3 is 1. The summed E-state index contributed by atoms with van der Waals surface area (Å²) in [5, 5.41) is 0. The van der Waals surface area contributed by atoms with Gasteiger partial charge >= 0.3 is 11.9 Å². The van der Waals surface area contributed by atoms with Crippen molar-refractivity contribution in [1.29, 1.82) is 0 Å². The summed E-state index contributed by atoms with van der Waals surface area (Å²) in [6, 6.07) is 0. The zero-order valence-corrected chi connectivity index (χ0v) is 23.0. The molecule has 0 aromatic heterocycles. The summed E-state index contributed by atoms with van der Waals surface area (Å²) in [6.07, 6.45) is 6.55. The number of ether oxygens (including phenoxy) is 5. The molecule has 0 aromatic rings. The van der Waals surface area contributed by atoms with Crippen molar-refractivity contribution in [3.05, 3.63) is 0 Å². The molecular formula is C28H46O7. The topological polar surface area (TPSA) is 86.9 Å². The molecule has 4 rings (SSSR count). The zero-order chi connectivity index (χ0) is 25.9. The number of epoxide rings is 2. The van der Waals surface area contributed by atoms with Crippen LogP contribution in [0.5, 0.6) is 0 Å². The molecule has 0 N–H and O–H groups in total. The highest BCUT2D eigenvalue weighted by atomic mass is 16.6. The minimum absolute atomic E-state index is 0.0325. The number of fused-ring (bicyclic) bond motifs is 2. The van der Waals surface area contributed by atoms with Crippen molar-refractivity contribution in [3.63, 3.8) is 0 Å². The second kappa shape index (κ2) is 8.98. The summed E-state index contributed by atoms with van der Waals surface area (Å²) < 4.78 is 29.1.